The number of hydrogen-bond donors (Lipinski definition) is 2. The van der Waals surface area contributed by atoms with Crippen LogP contribution in [0.2, 0.25) is 0 Å². The summed E-state index contributed by atoms with van der Waals surface area (Å²) in [7, 11) is 5.31. The van der Waals surface area contributed by atoms with Crippen molar-refractivity contribution in [1.82, 2.24) is 15.5 Å². The molecule has 1 amide bonds. The summed E-state index contributed by atoms with van der Waals surface area (Å²) in [4.78, 5) is 18.1. The molecule has 0 aliphatic rings. The Hall–Kier alpha value is -2.87. The van der Waals surface area contributed by atoms with Gasteiger partial charge in [0.05, 0.1) is 0 Å². The zero-order valence-electron chi connectivity index (χ0n) is 19.8. The van der Waals surface area contributed by atoms with E-state index < -0.39 is 0 Å². The summed E-state index contributed by atoms with van der Waals surface area (Å²) in [6.45, 7) is 3.52. The third-order valence-corrected chi connectivity index (χ3v) is 5.25. The Morgan fingerprint density at radius 1 is 0.879 bits per heavy atom. The number of guanidine groups is 1. The first kappa shape index (κ1) is 26.4. The van der Waals surface area contributed by atoms with Gasteiger partial charge in [0, 0.05) is 39.8 Å². The lowest BCUT2D eigenvalue weighted by atomic mass is 10.0. The topological polar surface area (TPSA) is 56.7 Å². The third-order valence-electron chi connectivity index (χ3n) is 5.25. The number of aliphatic imine (C=N–C) groups is 1. The summed E-state index contributed by atoms with van der Waals surface area (Å²) in [6, 6.07) is 24.9. The van der Waals surface area contributed by atoms with E-state index in [2.05, 4.69) is 71.1 Å². The lowest BCUT2D eigenvalue weighted by molar-refractivity contribution is 0.0827. The van der Waals surface area contributed by atoms with Gasteiger partial charge in [0.25, 0.3) is 5.91 Å². The third kappa shape index (κ3) is 7.89. The zero-order valence-corrected chi connectivity index (χ0v) is 22.1. The number of amides is 1. The number of carbonyl (C=O) groups excluding carboxylic acids is 1. The second-order valence-electron chi connectivity index (χ2n) is 8.07. The minimum absolute atomic E-state index is 0. The summed E-state index contributed by atoms with van der Waals surface area (Å²) >= 11 is 0. The molecule has 0 aliphatic carbocycles. The van der Waals surface area contributed by atoms with Gasteiger partial charge in [-0.3, -0.25) is 9.79 Å². The van der Waals surface area contributed by atoms with Crippen LogP contribution in [0.1, 0.15) is 27.0 Å². The molecule has 0 aromatic heterocycles. The molecule has 3 aromatic rings. The van der Waals surface area contributed by atoms with Gasteiger partial charge in [-0.1, -0.05) is 60.2 Å². The van der Waals surface area contributed by atoms with Gasteiger partial charge in [0.1, 0.15) is 0 Å². The van der Waals surface area contributed by atoms with Crippen LogP contribution < -0.4 is 10.6 Å². The number of aryl methyl sites for hydroxylation is 1. The van der Waals surface area contributed by atoms with Crippen molar-refractivity contribution in [2.75, 3.05) is 27.7 Å². The summed E-state index contributed by atoms with van der Waals surface area (Å²) in [6.07, 6.45) is 0.804. The Kier molecular flexibility index (Phi) is 10.4. The average molecular weight is 556 g/mol. The molecule has 3 rings (SSSR count). The largest absolute Gasteiger partial charge is 0.356 e. The maximum Gasteiger partial charge on any atom is 0.253 e. The van der Waals surface area contributed by atoms with Crippen LogP contribution in [0.3, 0.4) is 0 Å². The number of nitrogens with one attached hydrogen (secondary N) is 2. The van der Waals surface area contributed by atoms with E-state index in [1.54, 1.807) is 26.0 Å². The fourth-order valence-corrected chi connectivity index (χ4v) is 3.54. The Morgan fingerprint density at radius 3 is 2.24 bits per heavy atom. The molecule has 0 heterocycles. The van der Waals surface area contributed by atoms with Crippen molar-refractivity contribution in [2.45, 2.75) is 19.9 Å². The van der Waals surface area contributed by atoms with Crippen molar-refractivity contribution in [3.05, 3.63) is 95.1 Å². The van der Waals surface area contributed by atoms with Crippen LogP contribution in [-0.2, 0) is 13.0 Å². The van der Waals surface area contributed by atoms with Gasteiger partial charge in [-0.25, -0.2) is 0 Å². The molecule has 33 heavy (non-hydrogen) atoms. The Balaban J connectivity index is 0.00000385. The highest BCUT2D eigenvalue weighted by Crippen LogP contribution is 2.21. The van der Waals surface area contributed by atoms with Crippen LogP contribution in [0.15, 0.2) is 77.8 Å². The fraction of sp³-hybridized carbons (Fsp3) is 0.259. The molecule has 0 atom stereocenters. The molecule has 2 N–H and O–H groups in total. The zero-order chi connectivity index (χ0) is 22.9. The number of carbonyl (C=O) groups is 1. The molecule has 0 aliphatic heterocycles. The van der Waals surface area contributed by atoms with Gasteiger partial charge >= 0.3 is 0 Å². The molecule has 0 radical (unpaired) electrons. The minimum atomic E-state index is 0. The van der Waals surface area contributed by atoms with Crippen molar-refractivity contribution >= 4 is 35.8 Å². The molecule has 0 spiro atoms. The Morgan fingerprint density at radius 2 is 1.55 bits per heavy atom. The molecule has 0 unspecified atom stereocenters. The van der Waals surface area contributed by atoms with E-state index in [-0.39, 0.29) is 29.9 Å². The molecule has 6 heteroatoms. The first-order valence-electron chi connectivity index (χ1n) is 10.9. The van der Waals surface area contributed by atoms with E-state index in [0.717, 1.165) is 24.5 Å². The molecular weight excluding hydrogens is 523 g/mol. The average Bonchev–Trinajstić information content (AvgIpc) is 2.81. The first-order valence-corrected chi connectivity index (χ1v) is 10.9. The highest BCUT2D eigenvalue weighted by Gasteiger charge is 2.08. The molecule has 0 fully saturated rings. The van der Waals surface area contributed by atoms with Crippen LogP contribution in [0.5, 0.6) is 0 Å². The van der Waals surface area contributed by atoms with Gasteiger partial charge in [-0.2, -0.15) is 0 Å². The van der Waals surface area contributed by atoms with Crippen molar-refractivity contribution in [3.8, 4) is 11.1 Å². The van der Waals surface area contributed by atoms with E-state index in [1.807, 2.05) is 24.3 Å². The number of hydrogen-bond acceptors (Lipinski definition) is 2. The second-order valence-corrected chi connectivity index (χ2v) is 8.07. The Labute approximate surface area is 214 Å². The predicted octanol–water partition coefficient (Wildman–Crippen LogP) is 4.89. The lowest BCUT2D eigenvalue weighted by Crippen LogP contribution is -2.37. The van der Waals surface area contributed by atoms with Crippen LogP contribution in [-0.4, -0.2) is 44.5 Å². The van der Waals surface area contributed by atoms with Gasteiger partial charge in [0.2, 0.25) is 0 Å². The van der Waals surface area contributed by atoms with Crippen LogP contribution in [0.4, 0.5) is 0 Å². The highest BCUT2D eigenvalue weighted by molar-refractivity contribution is 14.0. The highest BCUT2D eigenvalue weighted by atomic mass is 127. The van der Waals surface area contributed by atoms with Crippen molar-refractivity contribution in [1.29, 1.82) is 0 Å². The maximum atomic E-state index is 12.2. The normalized spacial score (nSPS) is 10.8. The molecule has 0 saturated carbocycles. The van der Waals surface area contributed by atoms with Gasteiger partial charge in [0.15, 0.2) is 5.96 Å². The SMILES string of the molecule is CN=C(NCCc1cccc(C(=O)N(C)C)c1)NCc1cccc(-c2cccc(C)c2)c1.I. The molecular formula is C27H33IN4O. The van der Waals surface area contributed by atoms with Gasteiger partial charge < -0.3 is 15.5 Å². The monoisotopic (exact) mass is 556 g/mol. The first-order chi connectivity index (χ1) is 15.5. The lowest BCUT2D eigenvalue weighted by Gasteiger charge is -2.14. The number of nitrogens with zero attached hydrogens (tertiary/aromatic N) is 2. The standard InChI is InChI=1S/C27H32N4O.HI/c1-20-8-5-11-23(16-20)24-12-7-10-22(18-24)19-30-27(28-2)29-15-14-21-9-6-13-25(17-21)26(32)31(3)4;/h5-13,16-18H,14-15,19H2,1-4H3,(H2,28,29,30);1H. The summed E-state index contributed by atoms with van der Waals surface area (Å²) < 4.78 is 0. The van der Waals surface area contributed by atoms with E-state index >= 15 is 0 Å². The molecule has 0 saturated heterocycles. The van der Waals surface area contributed by atoms with E-state index in [1.165, 1.54) is 22.3 Å². The van der Waals surface area contributed by atoms with E-state index in [9.17, 15) is 4.79 Å². The van der Waals surface area contributed by atoms with Crippen LogP contribution in [0, 0.1) is 6.92 Å². The summed E-state index contributed by atoms with van der Waals surface area (Å²) in [5, 5.41) is 6.74. The molecule has 3 aromatic carbocycles. The molecule has 0 bridgehead atoms. The Bertz CT molecular complexity index is 1090. The smallest absolute Gasteiger partial charge is 0.253 e. The number of benzene rings is 3. The molecule has 174 valence electrons. The van der Waals surface area contributed by atoms with Crippen molar-refractivity contribution in [2.24, 2.45) is 4.99 Å². The summed E-state index contributed by atoms with van der Waals surface area (Å²) in [5.41, 5.74) is 6.72. The quantitative estimate of drug-likeness (QED) is 0.248. The minimum Gasteiger partial charge on any atom is -0.356 e. The van der Waals surface area contributed by atoms with E-state index in [0.29, 0.717) is 12.1 Å². The summed E-state index contributed by atoms with van der Waals surface area (Å²) in [5.74, 6) is 0.775. The van der Waals surface area contributed by atoms with Crippen LogP contribution in [0.25, 0.3) is 11.1 Å². The van der Waals surface area contributed by atoms with Gasteiger partial charge in [-0.15, -0.1) is 24.0 Å². The molecule has 5 nitrogen and oxygen atoms in total. The second kappa shape index (κ2) is 13.0. The fourth-order valence-electron chi connectivity index (χ4n) is 3.54. The van der Waals surface area contributed by atoms with E-state index in [4.69, 9.17) is 0 Å². The number of halogens is 1. The van der Waals surface area contributed by atoms with Crippen molar-refractivity contribution < 1.29 is 4.79 Å². The maximum absolute atomic E-state index is 12.2. The number of rotatable bonds is 7. The van der Waals surface area contributed by atoms with Crippen molar-refractivity contribution in [3.63, 3.8) is 0 Å². The van der Waals surface area contributed by atoms with Gasteiger partial charge in [-0.05, 0) is 53.8 Å². The predicted molar refractivity (Wildman–Crippen MR) is 148 cm³/mol. The van der Waals surface area contributed by atoms with Crippen LogP contribution >= 0.6 is 24.0 Å².